The summed E-state index contributed by atoms with van der Waals surface area (Å²) in [5.41, 5.74) is 4.65. The van der Waals surface area contributed by atoms with E-state index < -0.39 is 5.92 Å². The molecule has 1 aliphatic heterocycles. The molecule has 182 valence electrons. The van der Waals surface area contributed by atoms with E-state index in [2.05, 4.69) is 34.5 Å². The molecule has 1 atom stereocenters. The van der Waals surface area contributed by atoms with Gasteiger partial charge in [0, 0.05) is 25.3 Å². The summed E-state index contributed by atoms with van der Waals surface area (Å²) in [6.07, 6.45) is 4.35. The van der Waals surface area contributed by atoms with Crippen LogP contribution in [0.4, 0.5) is 5.69 Å². The van der Waals surface area contributed by atoms with Crippen LogP contribution in [0, 0.1) is 0 Å². The number of amides is 1. The van der Waals surface area contributed by atoms with Crippen LogP contribution in [-0.2, 0) is 16.0 Å². The first-order valence-electron chi connectivity index (χ1n) is 12.6. The minimum Gasteiger partial charge on any atom is -0.462 e. The van der Waals surface area contributed by atoms with Crippen LogP contribution in [0.25, 0.3) is 0 Å². The lowest BCUT2D eigenvalue weighted by atomic mass is 9.88. The van der Waals surface area contributed by atoms with Gasteiger partial charge in [-0.2, -0.15) is 0 Å². The van der Waals surface area contributed by atoms with Crippen molar-refractivity contribution in [2.45, 2.75) is 38.5 Å². The molecule has 3 aromatic carbocycles. The van der Waals surface area contributed by atoms with Gasteiger partial charge in [0.05, 0.1) is 18.1 Å². The van der Waals surface area contributed by atoms with Gasteiger partial charge in [0.1, 0.15) is 0 Å². The van der Waals surface area contributed by atoms with Crippen LogP contribution >= 0.6 is 0 Å². The van der Waals surface area contributed by atoms with Crippen LogP contribution in [-0.4, -0.2) is 38.1 Å². The van der Waals surface area contributed by atoms with Crippen LogP contribution in [0.2, 0.25) is 0 Å². The highest BCUT2D eigenvalue weighted by molar-refractivity contribution is 5.91. The third-order valence-electron chi connectivity index (χ3n) is 6.52. The molecule has 0 aromatic heterocycles. The number of para-hydroxylation sites is 1. The van der Waals surface area contributed by atoms with E-state index in [4.69, 9.17) is 4.74 Å². The minimum absolute atomic E-state index is 0.0331. The number of esters is 1. The molecule has 1 heterocycles. The van der Waals surface area contributed by atoms with Crippen molar-refractivity contribution in [3.05, 3.63) is 101 Å². The molecule has 0 spiro atoms. The van der Waals surface area contributed by atoms with Crippen molar-refractivity contribution in [1.29, 1.82) is 0 Å². The largest absolute Gasteiger partial charge is 0.462 e. The molecule has 3 aromatic rings. The summed E-state index contributed by atoms with van der Waals surface area (Å²) in [5.74, 6) is -0.856. The maximum atomic E-state index is 13.7. The zero-order valence-electron chi connectivity index (χ0n) is 20.4. The Bertz CT molecular complexity index is 1110. The molecule has 5 heteroatoms. The summed E-state index contributed by atoms with van der Waals surface area (Å²) in [6, 6.07) is 25.6. The standard InChI is InChI=1S/C30H34N2O3/c1-2-35-30(34)25-17-15-24(16-18-25)28(29(33)31-20-19-23-11-5-3-6-12-23)26-13-7-8-14-27(26)32-21-9-4-10-22-32/h3,5-8,11-18,28H,2,4,9-10,19-22H2,1H3,(H,31,33). The van der Waals surface area contributed by atoms with E-state index in [0.717, 1.165) is 49.2 Å². The second-order valence-electron chi connectivity index (χ2n) is 8.91. The number of nitrogens with zero attached hydrogens (tertiary/aromatic N) is 1. The SMILES string of the molecule is CCOC(=O)c1ccc(C(C(=O)NCCc2ccccc2)c2ccccc2N2CCCCC2)cc1. The molecule has 1 unspecified atom stereocenters. The molecule has 0 bridgehead atoms. The van der Waals surface area contributed by atoms with Crippen molar-refractivity contribution in [2.24, 2.45) is 0 Å². The van der Waals surface area contributed by atoms with Gasteiger partial charge >= 0.3 is 5.97 Å². The second-order valence-corrected chi connectivity index (χ2v) is 8.91. The van der Waals surface area contributed by atoms with Crippen molar-refractivity contribution < 1.29 is 14.3 Å². The summed E-state index contributed by atoms with van der Waals surface area (Å²) >= 11 is 0. The fourth-order valence-electron chi connectivity index (χ4n) is 4.73. The zero-order chi connectivity index (χ0) is 24.5. The van der Waals surface area contributed by atoms with Gasteiger partial charge in [-0.3, -0.25) is 4.79 Å². The second kappa shape index (κ2) is 12.2. The molecule has 0 saturated carbocycles. The zero-order valence-corrected chi connectivity index (χ0v) is 20.4. The van der Waals surface area contributed by atoms with E-state index in [9.17, 15) is 9.59 Å². The quantitative estimate of drug-likeness (QED) is 0.429. The van der Waals surface area contributed by atoms with Gasteiger partial charge in [0.25, 0.3) is 0 Å². The highest BCUT2D eigenvalue weighted by Gasteiger charge is 2.27. The van der Waals surface area contributed by atoms with Gasteiger partial charge < -0.3 is 15.0 Å². The van der Waals surface area contributed by atoms with Gasteiger partial charge in [0.2, 0.25) is 5.91 Å². The first-order valence-corrected chi connectivity index (χ1v) is 12.6. The predicted octanol–water partition coefficient (Wildman–Crippen LogP) is 5.34. The molecular weight excluding hydrogens is 436 g/mol. The van der Waals surface area contributed by atoms with Crippen LogP contribution in [0.15, 0.2) is 78.9 Å². The Labute approximate surface area is 208 Å². The minimum atomic E-state index is -0.472. The smallest absolute Gasteiger partial charge is 0.338 e. The molecule has 35 heavy (non-hydrogen) atoms. The number of carbonyl (C=O) groups is 2. The Hall–Kier alpha value is -3.60. The number of anilines is 1. The number of carbonyl (C=O) groups excluding carboxylic acids is 2. The Morgan fingerprint density at radius 3 is 2.29 bits per heavy atom. The fourth-order valence-corrected chi connectivity index (χ4v) is 4.73. The summed E-state index contributed by atoms with van der Waals surface area (Å²) < 4.78 is 5.13. The van der Waals surface area contributed by atoms with Crippen molar-refractivity contribution in [3.8, 4) is 0 Å². The van der Waals surface area contributed by atoms with E-state index >= 15 is 0 Å². The summed E-state index contributed by atoms with van der Waals surface area (Å²) in [5, 5.41) is 3.17. The van der Waals surface area contributed by atoms with Gasteiger partial charge in [0.15, 0.2) is 0 Å². The predicted molar refractivity (Wildman–Crippen MR) is 140 cm³/mol. The molecule has 1 fully saturated rings. The lowest BCUT2D eigenvalue weighted by molar-refractivity contribution is -0.121. The number of hydrogen-bond acceptors (Lipinski definition) is 4. The normalized spacial score (nSPS) is 14.3. The van der Waals surface area contributed by atoms with E-state index in [1.54, 1.807) is 19.1 Å². The molecule has 1 saturated heterocycles. The van der Waals surface area contributed by atoms with Crippen molar-refractivity contribution >= 4 is 17.6 Å². The van der Waals surface area contributed by atoms with Crippen LogP contribution in [0.3, 0.4) is 0 Å². The van der Waals surface area contributed by atoms with Gasteiger partial charge in [-0.1, -0.05) is 60.7 Å². The number of benzene rings is 3. The molecule has 1 N–H and O–H groups in total. The number of piperidine rings is 1. The van der Waals surface area contributed by atoms with Crippen LogP contribution < -0.4 is 10.2 Å². The molecule has 5 nitrogen and oxygen atoms in total. The average Bonchev–Trinajstić information content (AvgIpc) is 2.91. The van der Waals surface area contributed by atoms with Gasteiger partial charge in [-0.15, -0.1) is 0 Å². The summed E-state index contributed by atoms with van der Waals surface area (Å²) in [6.45, 7) is 4.68. The molecule has 1 aliphatic rings. The Morgan fingerprint density at radius 2 is 1.57 bits per heavy atom. The third kappa shape index (κ3) is 6.30. The number of rotatable bonds is 9. The molecular formula is C30H34N2O3. The maximum Gasteiger partial charge on any atom is 0.338 e. The molecule has 0 radical (unpaired) electrons. The van der Waals surface area contributed by atoms with E-state index in [-0.39, 0.29) is 11.9 Å². The van der Waals surface area contributed by atoms with E-state index in [1.807, 2.05) is 42.5 Å². The number of hydrogen-bond donors (Lipinski definition) is 1. The lowest BCUT2D eigenvalue weighted by Crippen LogP contribution is -2.34. The highest BCUT2D eigenvalue weighted by Crippen LogP contribution is 2.34. The maximum absolute atomic E-state index is 13.7. The van der Waals surface area contributed by atoms with Crippen molar-refractivity contribution in [2.75, 3.05) is 31.1 Å². The van der Waals surface area contributed by atoms with E-state index in [0.29, 0.717) is 18.7 Å². The Balaban J connectivity index is 1.62. The summed E-state index contributed by atoms with van der Waals surface area (Å²) in [4.78, 5) is 28.2. The number of nitrogens with one attached hydrogen (secondary N) is 1. The molecule has 0 aliphatic carbocycles. The summed E-state index contributed by atoms with van der Waals surface area (Å²) in [7, 11) is 0. The van der Waals surface area contributed by atoms with Crippen LogP contribution in [0.1, 0.15) is 59.2 Å². The molecule has 1 amide bonds. The Kier molecular flexibility index (Phi) is 8.55. The third-order valence-corrected chi connectivity index (χ3v) is 6.52. The lowest BCUT2D eigenvalue weighted by Gasteiger charge is -2.32. The van der Waals surface area contributed by atoms with Gasteiger partial charge in [-0.05, 0) is 67.5 Å². The van der Waals surface area contributed by atoms with E-state index in [1.165, 1.54) is 12.0 Å². The van der Waals surface area contributed by atoms with Crippen LogP contribution in [0.5, 0.6) is 0 Å². The van der Waals surface area contributed by atoms with Gasteiger partial charge in [-0.25, -0.2) is 4.79 Å². The monoisotopic (exact) mass is 470 g/mol. The fraction of sp³-hybridized carbons (Fsp3) is 0.333. The topological polar surface area (TPSA) is 58.6 Å². The molecule has 4 rings (SSSR count). The van der Waals surface area contributed by atoms with Crippen molar-refractivity contribution in [3.63, 3.8) is 0 Å². The first-order chi connectivity index (χ1) is 17.2. The van der Waals surface area contributed by atoms with Crippen molar-refractivity contribution in [1.82, 2.24) is 5.32 Å². The number of ether oxygens (including phenoxy) is 1. The Morgan fingerprint density at radius 1 is 0.886 bits per heavy atom. The first kappa shape index (κ1) is 24.5. The average molecular weight is 471 g/mol. The highest BCUT2D eigenvalue weighted by atomic mass is 16.5.